The summed E-state index contributed by atoms with van der Waals surface area (Å²) in [6.07, 6.45) is 0.948. The molecule has 194 valence electrons. The first-order valence-electron chi connectivity index (χ1n) is 10.9. The van der Waals surface area contributed by atoms with Gasteiger partial charge in [-0.1, -0.05) is 11.3 Å². The molecule has 3 aromatic heterocycles. The van der Waals surface area contributed by atoms with Gasteiger partial charge in [0.1, 0.15) is 27.7 Å². The maximum Gasteiger partial charge on any atom is 0.276 e. The summed E-state index contributed by atoms with van der Waals surface area (Å²) in [6.45, 7) is 0. The van der Waals surface area contributed by atoms with Gasteiger partial charge in [-0.3, -0.25) is 4.79 Å². The number of aromatic nitrogens is 4. The van der Waals surface area contributed by atoms with Crippen LogP contribution in [0.5, 0.6) is 11.6 Å². The van der Waals surface area contributed by atoms with E-state index in [1.54, 1.807) is 19.2 Å². The molecule has 0 saturated heterocycles. The highest BCUT2D eigenvalue weighted by molar-refractivity contribution is 7.90. The number of halogens is 2. The van der Waals surface area contributed by atoms with Crippen molar-refractivity contribution in [2.75, 3.05) is 23.9 Å². The summed E-state index contributed by atoms with van der Waals surface area (Å²) < 4.78 is 59.3. The molecule has 2 aromatic carbocycles. The van der Waals surface area contributed by atoms with Crippen LogP contribution in [-0.2, 0) is 9.84 Å². The molecule has 0 bridgehead atoms. The Morgan fingerprint density at radius 1 is 1.03 bits per heavy atom. The lowest BCUT2D eigenvalue weighted by Gasteiger charge is -2.09. The number of hydrogen-bond donors (Lipinski definition) is 2. The van der Waals surface area contributed by atoms with Gasteiger partial charge in [-0.2, -0.15) is 5.10 Å². The highest BCUT2D eigenvalue weighted by atomic mass is 32.2. The van der Waals surface area contributed by atoms with Crippen LogP contribution < -0.4 is 15.4 Å². The number of amides is 1. The van der Waals surface area contributed by atoms with Crippen LogP contribution in [0, 0.1) is 11.6 Å². The number of anilines is 2. The molecule has 0 spiro atoms. The van der Waals surface area contributed by atoms with Gasteiger partial charge in [0.2, 0.25) is 5.88 Å². The number of rotatable bonds is 7. The SMILES string of the molecule is CNc1nc2ccc(Oc3ccc(F)c(NC(=O)c4cc(S(C)(=O)=O)n(-c5ccc(F)cc5)n4)c3)nc2s1. The van der Waals surface area contributed by atoms with Crippen molar-refractivity contribution >= 4 is 48.2 Å². The van der Waals surface area contributed by atoms with E-state index in [0.717, 1.165) is 35.2 Å². The van der Waals surface area contributed by atoms with Crippen LogP contribution in [0.25, 0.3) is 16.0 Å². The van der Waals surface area contributed by atoms with Gasteiger partial charge in [-0.05, 0) is 42.5 Å². The molecule has 38 heavy (non-hydrogen) atoms. The predicted molar refractivity (Wildman–Crippen MR) is 138 cm³/mol. The zero-order chi connectivity index (χ0) is 27.0. The first-order chi connectivity index (χ1) is 18.1. The van der Waals surface area contributed by atoms with Gasteiger partial charge in [0.15, 0.2) is 25.7 Å². The topological polar surface area (TPSA) is 128 Å². The Balaban J connectivity index is 1.41. The summed E-state index contributed by atoms with van der Waals surface area (Å²) in [7, 11) is -2.08. The Kier molecular flexibility index (Phi) is 6.50. The molecule has 0 atom stereocenters. The van der Waals surface area contributed by atoms with E-state index < -0.39 is 27.4 Å². The second-order valence-electron chi connectivity index (χ2n) is 7.97. The third-order valence-corrected chi connectivity index (χ3v) is 7.25. The lowest BCUT2D eigenvalue weighted by Crippen LogP contribution is -2.14. The van der Waals surface area contributed by atoms with Gasteiger partial charge in [0.05, 0.1) is 11.4 Å². The number of thiazole rings is 1. The van der Waals surface area contributed by atoms with E-state index in [4.69, 9.17) is 4.74 Å². The number of nitrogens with one attached hydrogen (secondary N) is 2. The second kappa shape index (κ2) is 9.79. The molecule has 14 heteroatoms. The maximum atomic E-state index is 14.6. The summed E-state index contributed by atoms with van der Waals surface area (Å²) >= 11 is 1.34. The highest BCUT2D eigenvalue weighted by Gasteiger charge is 2.23. The smallest absolute Gasteiger partial charge is 0.276 e. The fourth-order valence-corrected chi connectivity index (χ4v) is 5.01. The number of hydrogen-bond acceptors (Lipinski definition) is 9. The summed E-state index contributed by atoms with van der Waals surface area (Å²) in [5.41, 5.74) is 0.395. The Hall–Kier alpha value is -4.43. The molecular formula is C24H18F2N6O4S2. The molecule has 0 aliphatic heterocycles. The Morgan fingerprint density at radius 3 is 2.50 bits per heavy atom. The zero-order valence-corrected chi connectivity index (χ0v) is 21.4. The van der Waals surface area contributed by atoms with Crippen LogP contribution in [0.15, 0.2) is 65.7 Å². The van der Waals surface area contributed by atoms with Crippen LogP contribution in [-0.4, -0.2) is 47.4 Å². The van der Waals surface area contributed by atoms with Crippen LogP contribution in [0.1, 0.15) is 10.5 Å². The second-order valence-corrected chi connectivity index (χ2v) is 10.9. The van der Waals surface area contributed by atoms with Crippen molar-refractivity contribution in [1.29, 1.82) is 0 Å². The minimum Gasteiger partial charge on any atom is -0.439 e. The minimum atomic E-state index is -3.82. The number of ether oxygens (including phenoxy) is 1. The van der Waals surface area contributed by atoms with Gasteiger partial charge in [0, 0.05) is 31.5 Å². The number of carbonyl (C=O) groups excluding carboxylic acids is 1. The number of benzene rings is 2. The van der Waals surface area contributed by atoms with Crippen molar-refractivity contribution in [3.05, 3.63) is 78.0 Å². The molecule has 0 aliphatic carbocycles. The maximum absolute atomic E-state index is 14.6. The summed E-state index contributed by atoms with van der Waals surface area (Å²) in [4.78, 5) is 22.3. The molecule has 5 rings (SSSR count). The summed E-state index contributed by atoms with van der Waals surface area (Å²) in [6, 6.07) is 13.0. The van der Waals surface area contributed by atoms with Crippen molar-refractivity contribution < 1.29 is 26.7 Å². The molecule has 0 fully saturated rings. The average molecular weight is 557 g/mol. The first kappa shape index (κ1) is 25.2. The van der Waals surface area contributed by atoms with Crippen molar-refractivity contribution in [2.45, 2.75) is 5.03 Å². The van der Waals surface area contributed by atoms with Crippen molar-refractivity contribution in [1.82, 2.24) is 19.7 Å². The fraction of sp³-hybridized carbons (Fsp3) is 0.0833. The minimum absolute atomic E-state index is 0.195. The third-order valence-electron chi connectivity index (χ3n) is 5.21. The number of fused-ring (bicyclic) bond motifs is 1. The summed E-state index contributed by atoms with van der Waals surface area (Å²) in [5.74, 6) is -1.71. The van der Waals surface area contributed by atoms with Crippen molar-refractivity contribution in [3.8, 4) is 17.3 Å². The van der Waals surface area contributed by atoms with Crippen LogP contribution in [0.3, 0.4) is 0 Å². The predicted octanol–water partition coefficient (Wildman–Crippen LogP) is 4.65. The number of carbonyl (C=O) groups is 1. The van der Waals surface area contributed by atoms with Gasteiger partial charge in [-0.25, -0.2) is 31.8 Å². The number of nitrogens with zero attached hydrogens (tertiary/aromatic N) is 4. The normalized spacial score (nSPS) is 11.5. The number of pyridine rings is 1. The van der Waals surface area contributed by atoms with E-state index in [9.17, 15) is 22.0 Å². The molecule has 0 radical (unpaired) electrons. The van der Waals surface area contributed by atoms with E-state index in [1.165, 1.54) is 35.6 Å². The van der Waals surface area contributed by atoms with Crippen molar-refractivity contribution in [3.63, 3.8) is 0 Å². The van der Waals surface area contributed by atoms with E-state index in [-0.39, 0.29) is 33.7 Å². The quantitative estimate of drug-likeness (QED) is 0.297. The molecule has 10 nitrogen and oxygen atoms in total. The lowest BCUT2D eigenvalue weighted by atomic mass is 10.2. The molecular weight excluding hydrogens is 538 g/mol. The van der Waals surface area contributed by atoms with Gasteiger partial charge < -0.3 is 15.4 Å². The molecule has 5 aromatic rings. The number of sulfone groups is 1. The Morgan fingerprint density at radius 2 is 1.79 bits per heavy atom. The first-order valence-corrected chi connectivity index (χ1v) is 13.6. The standard InChI is InChI=1S/C24H18F2N6O4S2/c1-27-24-29-17-9-10-20(30-23(17)37-24)36-15-7-8-16(26)18(11-15)28-22(33)19-12-21(38(2,34)35)32(31-19)14-5-3-13(25)4-6-14/h3-12H,1-2H3,(H,27,29)(H,28,33). The van der Waals surface area contributed by atoms with Crippen LogP contribution >= 0.6 is 11.3 Å². The molecule has 0 aliphatic rings. The molecule has 0 saturated carbocycles. The van der Waals surface area contributed by atoms with E-state index in [1.807, 2.05) is 0 Å². The monoisotopic (exact) mass is 556 g/mol. The molecule has 3 heterocycles. The van der Waals surface area contributed by atoms with Crippen molar-refractivity contribution in [2.24, 2.45) is 0 Å². The Labute approximate surface area is 218 Å². The van der Waals surface area contributed by atoms with Gasteiger partial charge in [0.25, 0.3) is 5.91 Å². The third kappa shape index (κ3) is 5.17. The highest BCUT2D eigenvalue weighted by Crippen LogP contribution is 2.30. The van der Waals surface area contributed by atoms with E-state index in [0.29, 0.717) is 15.5 Å². The molecule has 2 N–H and O–H groups in total. The van der Waals surface area contributed by atoms with E-state index >= 15 is 0 Å². The average Bonchev–Trinajstić information content (AvgIpc) is 3.51. The van der Waals surface area contributed by atoms with Crippen LogP contribution in [0.4, 0.5) is 19.6 Å². The fourth-order valence-electron chi connectivity index (χ4n) is 3.44. The largest absolute Gasteiger partial charge is 0.439 e. The van der Waals surface area contributed by atoms with E-state index in [2.05, 4.69) is 25.7 Å². The van der Waals surface area contributed by atoms with Gasteiger partial charge >= 0.3 is 0 Å². The van der Waals surface area contributed by atoms with Gasteiger partial charge in [-0.15, -0.1) is 0 Å². The lowest BCUT2D eigenvalue weighted by molar-refractivity contribution is 0.102. The summed E-state index contributed by atoms with van der Waals surface area (Å²) in [5, 5.41) is 9.79. The van der Waals surface area contributed by atoms with Crippen LogP contribution in [0.2, 0.25) is 0 Å². The Bertz CT molecular complexity index is 1790. The molecule has 1 amide bonds. The molecule has 0 unspecified atom stereocenters. The zero-order valence-electron chi connectivity index (χ0n) is 19.8.